The Kier molecular flexibility index (Phi) is 4.62. The molecule has 21 heavy (non-hydrogen) atoms. The number of hydrogen-bond donors (Lipinski definition) is 3. The van der Waals surface area contributed by atoms with Crippen molar-refractivity contribution in [3.8, 4) is 0 Å². The van der Waals surface area contributed by atoms with Crippen molar-refractivity contribution in [1.82, 2.24) is 10.2 Å². The van der Waals surface area contributed by atoms with Gasteiger partial charge in [-0.15, -0.1) is 0 Å². The van der Waals surface area contributed by atoms with Gasteiger partial charge < -0.3 is 11.1 Å². The van der Waals surface area contributed by atoms with E-state index in [1.807, 2.05) is 37.3 Å². The molecular weight excluding hydrogens is 264 g/mol. The van der Waals surface area contributed by atoms with Crippen molar-refractivity contribution in [1.29, 1.82) is 0 Å². The van der Waals surface area contributed by atoms with Crippen molar-refractivity contribution in [3.05, 3.63) is 41.6 Å². The molecule has 0 saturated carbocycles. The van der Waals surface area contributed by atoms with Gasteiger partial charge in [-0.25, -0.2) is 0 Å². The molecule has 0 saturated heterocycles. The van der Waals surface area contributed by atoms with E-state index in [-0.39, 0.29) is 11.8 Å². The van der Waals surface area contributed by atoms with Gasteiger partial charge in [0.1, 0.15) is 0 Å². The molecule has 2 rings (SSSR count). The summed E-state index contributed by atoms with van der Waals surface area (Å²) in [5, 5.41) is 9.84. The second kappa shape index (κ2) is 6.43. The minimum absolute atomic E-state index is 0.0406. The van der Waals surface area contributed by atoms with Crippen LogP contribution in [-0.2, 0) is 4.79 Å². The Balaban J connectivity index is 1.93. The van der Waals surface area contributed by atoms with Gasteiger partial charge >= 0.3 is 0 Å². The van der Waals surface area contributed by atoms with Crippen LogP contribution in [0.5, 0.6) is 0 Å². The number of carbonyl (C=O) groups excluding carboxylic acids is 1. The van der Waals surface area contributed by atoms with Crippen LogP contribution in [0.3, 0.4) is 0 Å². The third kappa shape index (κ3) is 4.08. The van der Waals surface area contributed by atoms with Gasteiger partial charge in [0.25, 0.3) is 0 Å². The van der Waals surface area contributed by atoms with Crippen molar-refractivity contribution in [2.45, 2.75) is 39.0 Å². The van der Waals surface area contributed by atoms with Crippen molar-refractivity contribution in [2.75, 3.05) is 11.1 Å². The number of H-pyrrole nitrogens is 1. The van der Waals surface area contributed by atoms with Gasteiger partial charge in [0.15, 0.2) is 5.82 Å². The molecule has 0 spiro atoms. The molecule has 1 aromatic heterocycles. The highest BCUT2D eigenvalue weighted by atomic mass is 16.1. The summed E-state index contributed by atoms with van der Waals surface area (Å²) in [5.41, 5.74) is 8.51. The second-order valence-electron chi connectivity index (χ2n) is 5.68. The number of nitrogens with two attached hydrogens (primary N) is 1. The molecule has 2 aromatic rings. The highest BCUT2D eigenvalue weighted by molar-refractivity contribution is 5.90. The first kappa shape index (κ1) is 15.1. The minimum atomic E-state index is -0.0406. The number of aromatic amines is 1. The number of amides is 1. The van der Waals surface area contributed by atoms with Crippen LogP contribution in [0.2, 0.25) is 0 Å². The maximum Gasteiger partial charge on any atom is 0.226 e. The Bertz CT molecular complexity index is 601. The lowest BCUT2D eigenvalue weighted by molar-refractivity contribution is -0.116. The standard InChI is InChI=1S/C16H22N4O/c1-10(2)14-9-15(20-19-14)18-16(21)8-11(3)12-4-6-13(17)7-5-12/h4-7,9-11H,8,17H2,1-3H3,(H2,18,19,20,21). The maximum absolute atomic E-state index is 12.1. The topological polar surface area (TPSA) is 83.8 Å². The molecule has 1 unspecified atom stereocenters. The summed E-state index contributed by atoms with van der Waals surface area (Å²) in [6.45, 7) is 6.17. The van der Waals surface area contributed by atoms with E-state index < -0.39 is 0 Å². The molecule has 0 radical (unpaired) electrons. The second-order valence-corrected chi connectivity index (χ2v) is 5.68. The van der Waals surface area contributed by atoms with E-state index in [0.717, 1.165) is 16.9 Å². The van der Waals surface area contributed by atoms with Gasteiger partial charge in [0.05, 0.1) is 0 Å². The molecule has 0 aliphatic rings. The SMILES string of the molecule is CC(C)c1cc(NC(=O)CC(C)c2ccc(N)cc2)n[nH]1. The predicted molar refractivity (Wildman–Crippen MR) is 85.2 cm³/mol. The molecule has 0 fully saturated rings. The fraction of sp³-hybridized carbons (Fsp3) is 0.375. The molecule has 4 N–H and O–H groups in total. The zero-order valence-electron chi connectivity index (χ0n) is 12.7. The Morgan fingerprint density at radius 2 is 1.95 bits per heavy atom. The molecule has 1 heterocycles. The van der Waals surface area contributed by atoms with Crippen molar-refractivity contribution in [3.63, 3.8) is 0 Å². The van der Waals surface area contributed by atoms with Crippen LogP contribution in [-0.4, -0.2) is 16.1 Å². The highest BCUT2D eigenvalue weighted by Gasteiger charge is 2.13. The van der Waals surface area contributed by atoms with Crippen molar-refractivity contribution in [2.24, 2.45) is 0 Å². The van der Waals surface area contributed by atoms with Gasteiger partial charge in [-0.3, -0.25) is 9.89 Å². The molecule has 0 aliphatic heterocycles. The van der Waals surface area contributed by atoms with Gasteiger partial charge in [0.2, 0.25) is 5.91 Å². The first-order chi connectivity index (χ1) is 9.95. The summed E-state index contributed by atoms with van der Waals surface area (Å²) in [4.78, 5) is 12.1. The van der Waals surface area contributed by atoms with Crippen LogP contribution in [0.25, 0.3) is 0 Å². The monoisotopic (exact) mass is 286 g/mol. The van der Waals surface area contributed by atoms with Crippen LogP contribution in [0.15, 0.2) is 30.3 Å². The van der Waals surface area contributed by atoms with Crippen LogP contribution in [0.1, 0.15) is 50.3 Å². The molecule has 1 aromatic carbocycles. The van der Waals surface area contributed by atoms with Crippen LogP contribution in [0, 0.1) is 0 Å². The number of nitrogens with zero attached hydrogens (tertiary/aromatic N) is 1. The number of anilines is 2. The molecule has 0 aliphatic carbocycles. The number of nitrogens with one attached hydrogen (secondary N) is 2. The average molecular weight is 286 g/mol. The van der Waals surface area contributed by atoms with Crippen molar-refractivity contribution >= 4 is 17.4 Å². The largest absolute Gasteiger partial charge is 0.399 e. The lowest BCUT2D eigenvalue weighted by atomic mass is 9.97. The van der Waals surface area contributed by atoms with E-state index in [1.165, 1.54) is 0 Å². The first-order valence-electron chi connectivity index (χ1n) is 7.16. The minimum Gasteiger partial charge on any atom is -0.399 e. The fourth-order valence-corrected chi connectivity index (χ4v) is 2.11. The van der Waals surface area contributed by atoms with E-state index in [2.05, 4.69) is 29.4 Å². The lowest BCUT2D eigenvalue weighted by Crippen LogP contribution is -2.14. The summed E-state index contributed by atoms with van der Waals surface area (Å²) in [6.07, 6.45) is 0.411. The zero-order valence-corrected chi connectivity index (χ0v) is 12.7. The number of aromatic nitrogens is 2. The average Bonchev–Trinajstić information content (AvgIpc) is 2.87. The summed E-state index contributed by atoms with van der Waals surface area (Å²) in [6, 6.07) is 9.49. The Labute approximate surface area is 124 Å². The number of benzene rings is 1. The van der Waals surface area contributed by atoms with Gasteiger partial charge in [-0.05, 0) is 29.5 Å². The van der Waals surface area contributed by atoms with Crippen LogP contribution in [0.4, 0.5) is 11.5 Å². The normalized spacial score (nSPS) is 12.4. The lowest BCUT2D eigenvalue weighted by Gasteiger charge is -2.11. The number of hydrogen-bond acceptors (Lipinski definition) is 3. The fourth-order valence-electron chi connectivity index (χ4n) is 2.11. The number of nitrogen functional groups attached to an aromatic ring is 1. The maximum atomic E-state index is 12.1. The Hall–Kier alpha value is -2.30. The quantitative estimate of drug-likeness (QED) is 0.738. The van der Waals surface area contributed by atoms with Gasteiger partial charge in [0, 0.05) is 23.9 Å². The summed E-state index contributed by atoms with van der Waals surface area (Å²) in [7, 11) is 0. The van der Waals surface area contributed by atoms with Gasteiger partial charge in [-0.2, -0.15) is 5.10 Å². The van der Waals surface area contributed by atoms with Crippen LogP contribution >= 0.6 is 0 Å². The molecule has 5 heteroatoms. The molecule has 5 nitrogen and oxygen atoms in total. The number of carbonyl (C=O) groups is 1. The third-order valence-corrected chi connectivity index (χ3v) is 3.48. The Morgan fingerprint density at radius 1 is 1.29 bits per heavy atom. The first-order valence-corrected chi connectivity index (χ1v) is 7.16. The highest BCUT2D eigenvalue weighted by Crippen LogP contribution is 2.21. The van der Waals surface area contributed by atoms with E-state index in [1.54, 1.807) is 0 Å². The third-order valence-electron chi connectivity index (χ3n) is 3.48. The number of rotatable bonds is 5. The molecule has 1 amide bonds. The summed E-state index contributed by atoms with van der Waals surface area (Å²) >= 11 is 0. The summed E-state index contributed by atoms with van der Waals surface area (Å²) < 4.78 is 0. The molecular formula is C16H22N4O. The van der Waals surface area contributed by atoms with E-state index in [4.69, 9.17) is 5.73 Å². The van der Waals surface area contributed by atoms with Crippen molar-refractivity contribution < 1.29 is 4.79 Å². The summed E-state index contributed by atoms with van der Waals surface area (Å²) in [5.74, 6) is 1.03. The van der Waals surface area contributed by atoms with Crippen LogP contribution < -0.4 is 11.1 Å². The van der Waals surface area contributed by atoms with E-state index in [0.29, 0.717) is 18.2 Å². The molecule has 1 atom stereocenters. The Morgan fingerprint density at radius 3 is 2.52 bits per heavy atom. The predicted octanol–water partition coefficient (Wildman–Crippen LogP) is 3.25. The molecule has 112 valence electrons. The van der Waals surface area contributed by atoms with E-state index in [9.17, 15) is 4.79 Å². The zero-order chi connectivity index (χ0) is 15.4. The van der Waals surface area contributed by atoms with E-state index >= 15 is 0 Å². The van der Waals surface area contributed by atoms with Gasteiger partial charge in [-0.1, -0.05) is 32.9 Å². The molecule has 0 bridgehead atoms. The smallest absolute Gasteiger partial charge is 0.226 e.